The molecular weight excluding hydrogens is 344 g/mol. The van der Waals surface area contributed by atoms with Gasteiger partial charge in [0, 0.05) is 23.7 Å². The third-order valence-electron chi connectivity index (χ3n) is 3.63. The lowest BCUT2D eigenvalue weighted by molar-refractivity contribution is 0.0954. The number of benzene rings is 1. The van der Waals surface area contributed by atoms with Gasteiger partial charge in [-0.3, -0.25) is 14.0 Å². The summed E-state index contributed by atoms with van der Waals surface area (Å²) in [5.74, 6) is -0.644. The average molecular weight is 356 g/mol. The Morgan fingerprint density at radius 3 is 3.00 bits per heavy atom. The highest BCUT2D eigenvalue weighted by Crippen LogP contribution is 2.28. The molecule has 0 atom stereocenters. The van der Waals surface area contributed by atoms with Crippen LogP contribution in [0, 0.1) is 0 Å². The van der Waals surface area contributed by atoms with Crippen molar-refractivity contribution in [2.75, 3.05) is 0 Å². The summed E-state index contributed by atoms with van der Waals surface area (Å²) in [5, 5.41) is 4.82. The molecule has 1 aromatic carbocycles. The van der Waals surface area contributed by atoms with Gasteiger partial charge in [0.1, 0.15) is 4.83 Å². The molecule has 24 heavy (non-hydrogen) atoms. The molecule has 3 heterocycles. The molecule has 0 saturated carbocycles. The van der Waals surface area contributed by atoms with E-state index < -0.39 is 5.91 Å². The molecule has 0 fully saturated rings. The van der Waals surface area contributed by atoms with Crippen molar-refractivity contribution < 1.29 is 9.59 Å². The largest absolute Gasteiger partial charge is 0.366 e. The van der Waals surface area contributed by atoms with Crippen molar-refractivity contribution in [3.8, 4) is 0 Å². The Balaban J connectivity index is 1.52. The Hall–Kier alpha value is -2.71. The predicted molar refractivity (Wildman–Crippen MR) is 94.6 cm³/mol. The normalized spacial score (nSPS) is 11.2. The second kappa shape index (κ2) is 5.73. The molecule has 120 valence electrons. The van der Waals surface area contributed by atoms with E-state index in [2.05, 4.69) is 10.3 Å². The Labute approximate surface area is 144 Å². The third kappa shape index (κ3) is 2.55. The summed E-state index contributed by atoms with van der Waals surface area (Å²) < 4.78 is 1.98. The second-order valence-corrected chi connectivity index (χ2v) is 7.12. The molecular formula is C16H12N4O2S2. The van der Waals surface area contributed by atoms with Crippen LogP contribution >= 0.6 is 22.7 Å². The van der Waals surface area contributed by atoms with Gasteiger partial charge < -0.3 is 11.1 Å². The van der Waals surface area contributed by atoms with Gasteiger partial charge in [0.25, 0.3) is 5.91 Å². The highest BCUT2D eigenvalue weighted by molar-refractivity contribution is 7.21. The minimum atomic E-state index is -0.483. The molecule has 2 amide bonds. The maximum absolute atomic E-state index is 12.4. The van der Waals surface area contributed by atoms with Gasteiger partial charge in [0.05, 0.1) is 10.4 Å². The quantitative estimate of drug-likeness (QED) is 0.589. The molecule has 8 heteroatoms. The number of rotatable bonds is 4. The fraction of sp³-hybridized carbons (Fsp3) is 0.0625. The number of thiazole rings is 1. The number of hydrogen-bond donors (Lipinski definition) is 2. The van der Waals surface area contributed by atoms with Gasteiger partial charge in [-0.25, -0.2) is 4.98 Å². The molecule has 6 nitrogen and oxygen atoms in total. The van der Waals surface area contributed by atoms with Gasteiger partial charge in [-0.1, -0.05) is 12.1 Å². The lowest BCUT2D eigenvalue weighted by atomic mass is 10.1. The van der Waals surface area contributed by atoms with E-state index in [9.17, 15) is 9.59 Å². The smallest absolute Gasteiger partial charge is 0.261 e. The molecule has 0 unspecified atom stereocenters. The number of nitrogens with one attached hydrogen (secondary N) is 1. The van der Waals surface area contributed by atoms with Crippen LogP contribution in [0.3, 0.4) is 0 Å². The van der Waals surface area contributed by atoms with Crippen LogP contribution < -0.4 is 11.1 Å². The van der Waals surface area contributed by atoms with Crippen LogP contribution in [-0.4, -0.2) is 21.2 Å². The Morgan fingerprint density at radius 1 is 1.29 bits per heavy atom. The summed E-state index contributed by atoms with van der Waals surface area (Å²) in [4.78, 5) is 30.4. The zero-order valence-electron chi connectivity index (χ0n) is 12.4. The Morgan fingerprint density at radius 2 is 2.17 bits per heavy atom. The summed E-state index contributed by atoms with van der Waals surface area (Å²) in [5.41, 5.74) is 7.46. The first-order valence-electron chi connectivity index (χ1n) is 7.14. The summed E-state index contributed by atoms with van der Waals surface area (Å²) in [6.45, 7) is 0.330. The van der Waals surface area contributed by atoms with E-state index >= 15 is 0 Å². The van der Waals surface area contributed by atoms with Crippen LogP contribution in [0.15, 0.2) is 41.9 Å². The number of thiophene rings is 1. The standard InChI is InChI=1S/C16H12N4O2S2/c17-13(21)10-3-1-2-9(6-10)8-18-14(22)12-7-11-15(24-12)19-16-20(11)4-5-23-16/h1-7H,8H2,(H2,17,21)(H,18,22). The van der Waals surface area contributed by atoms with Gasteiger partial charge in [-0.15, -0.1) is 22.7 Å². The molecule has 3 N–H and O–H groups in total. The maximum atomic E-state index is 12.4. The number of imidazole rings is 1. The summed E-state index contributed by atoms with van der Waals surface area (Å²) in [7, 11) is 0. The van der Waals surface area contributed by atoms with Crippen LogP contribution in [0.5, 0.6) is 0 Å². The van der Waals surface area contributed by atoms with Crippen molar-refractivity contribution in [3.63, 3.8) is 0 Å². The Kier molecular flexibility index (Phi) is 3.55. The maximum Gasteiger partial charge on any atom is 0.261 e. The van der Waals surface area contributed by atoms with Crippen LogP contribution in [0.2, 0.25) is 0 Å². The first kappa shape index (κ1) is 14.9. The minimum absolute atomic E-state index is 0.161. The fourth-order valence-corrected chi connectivity index (χ4v) is 4.18. The zero-order chi connectivity index (χ0) is 16.7. The lowest BCUT2D eigenvalue weighted by Crippen LogP contribution is -2.22. The van der Waals surface area contributed by atoms with Gasteiger partial charge in [-0.05, 0) is 23.8 Å². The minimum Gasteiger partial charge on any atom is -0.366 e. The van der Waals surface area contributed by atoms with E-state index in [0.717, 1.165) is 20.9 Å². The summed E-state index contributed by atoms with van der Waals surface area (Å²) >= 11 is 2.93. The molecule has 4 rings (SSSR count). The molecule has 3 aromatic heterocycles. The fourth-order valence-electron chi connectivity index (χ4n) is 2.46. The van der Waals surface area contributed by atoms with Crippen molar-refractivity contribution >= 4 is 49.8 Å². The SMILES string of the molecule is NC(=O)c1cccc(CNC(=O)c2cc3c(nc4sccn43)s2)c1. The number of nitrogens with zero attached hydrogens (tertiary/aromatic N) is 2. The van der Waals surface area contributed by atoms with Crippen molar-refractivity contribution in [2.24, 2.45) is 5.73 Å². The highest BCUT2D eigenvalue weighted by Gasteiger charge is 2.15. The molecule has 0 aliphatic carbocycles. The van der Waals surface area contributed by atoms with E-state index in [1.165, 1.54) is 11.3 Å². The van der Waals surface area contributed by atoms with Crippen molar-refractivity contribution in [1.82, 2.24) is 14.7 Å². The summed E-state index contributed by atoms with van der Waals surface area (Å²) in [6.07, 6.45) is 1.94. The summed E-state index contributed by atoms with van der Waals surface area (Å²) in [6, 6.07) is 8.76. The first-order chi connectivity index (χ1) is 11.6. The van der Waals surface area contributed by atoms with E-state index in [1.54, 1.807) is 29.5 Å². The van der Waals surface area contributed by atoms with Gasteiger partial charge in [-0.2, -0.15) is 0 Å². The molecule has 0 saturated heterocycles. The van der Waals surface area contributed by atoms with E-state index in [-0.39, 0.29) is 5.91 Å². The lowest BCUT2D eigenvalue weighted by Gasteiger charge is -2.05. The number of fused-ring (bicyclic) bond motifs is 3. The highest BCUT2D eigenvalue weighted by atomic mass is 32.1. The Bertz CT molecular complexity index is 1080. The van der Waals surface area contributed by atoms with Crippen molar-refractivity contribution in [3.05, 3.63) is 57.9 Å². The molecule has 0 spiro atoms. The monoisotopic (exact) mass is 356 g/mol. The van der Waals surface area contributed by atoms with Crippen LogP contribution in [0.1, 0.15) is 25.6 Å². The first-order valence-corrected chi connectivity index (χ1v) is 8.83. The van der Waals surface area contributed by atoms with E-state index in [4.69, 9.17) is 5.73 Å². The number of primary amides is 1. The van der Waals surface area contributed by atoms with Gasteiger partial charge in [0.2, 0.25) is 5.91 Å². The van der Waals surface area contributed by atoms with Crippen LogP contribution in [-0.2, 0) is 6.54 Å². The molecule has 0 aliphatic heterocycles. The van der Waals surface area contributed by atoms with Gasteiger partial charge >= 0.3 is 0 Å². The number of hydrogen-bond acceptors (Lipinski definition) is 5. The predicted octanol–water partition coefficient (Wildman–Crippen LogP) is 2.64. The topological polar surface area (TPSA) is 89.5 Å². The van der Waals surface area contributed by atoms with Crippen LogP contribution in [0.25, 0.3) is 15.3 Å². The molecule has 0 aliphatic rings. The van der Waals surface area contributed by atoms with E-state index in [0.29, 0.717) is 17.0 Å². The zero-order valence-corrected chi connectivity index (χ0v) is 14.0. The van der Waals surface area contributed by atoms with E-state index in [1.807, 2.05) is 28.1 Å². The number of carbonyl (C=O) groups is 2. The average Bonchev–Trinajstić information content (AvgIpc) is 3.24. The number of aromatic nitrogens is 2. The van der Waals surface area contributed by atoms with Crippen molar-refractivity contribution in [2.45, 2.75) is 6.54 Å². The molecule has 0 bridgehead atoms. The second-order valence-electron chi connectivity index (χ2n) is 5.22. The molecule has 4 aromatic rings. The third-order valence-corrected chi connectivity index (χ3v) is 5.40. The number of amides is 2. The molecule has 0 radical (unpaired) electrons. The van der Waals surface area contributed by atoms with Gasteiger partial charge in [0.15, 0.2) is 4.96 Å². The van der Waals surface area contributed by atoms with Crippen molar-refractivity contribution in [1.29, 1.82) is 0 Å². The number of carbonyl (C=O) groups excluding carboxylic acids is 2. The van der Waals surface area contributed by atoms with Crippen LogP contribution in [0.4, 0.5) is 0 Å². The number of nitrogens with two attached hydrogens (primary N) is 1.